The molecule has 24 heavy (non-hydrogen) atoms. The van der Waals surface area contributed by atoms with Gasteiger partial charge in [0.2, 0.25) is 0 Å². The standard InChI is InChI=1S/C19H33NO3Si/c1-14(23-19(2,3)4)17(20)18(21)22-13-16(24(5,6)7)15-11-9-8-10-12-15/h8-12,14,16-17H,13,20H2,1-7H3/t14-,16?,17+/m1/s1. The Morgan fingerprint density at radius 3 is 2.17 bits per heavy atom. The number of esters is 1. The summed E-state index contributed by atoms with van der Waals surface area (Å²) < 4.78 is 11.3. The summed E-state index contributed by atoms with van der Waals surface area (Å²) in [5, 5.41) is 0. The molecule has 2 N–H and O–H groups in total. The number of benzene rings is 1. The fraction of sp³-hybridized carbons (Fsp3) is 0.632. The van der Waals surface area contributed by atoms with Gasteiger partial charge in [-0.1, -0.05) is 50.0 Å². The van der Waals surface area contributed by atoms with Crippen LogP contribution in [0.1, 0.15) is 38.8 Å². The zero-order chi connectivity index (χ0) is 18.5. The second-order valence-electron chi connectivity index (χ2n) is 8.42. The second-order valence-corrected chi connectivity index (χ2v) is 13.8. The molecule has 0 saturated carbocycles. The Labute approximate surface area is 147 Å². The van der Waals surface area contributed by atoms with E-state index in [1.807, 2.05) is 45.9 Å². The first-order chi connectivity index (χ1) is 10.9. The monoisotopic (exact) mass is 351 g/mol. The summed E-state index contributed by atoms with van der Waals surface area (Å²) in [5.74, 6) is -0.397. The van der Waals surface area contributed by atoms with Crippen LogP contribution < -0.4 is 5.73 Å². The van der Waals surface area contributed by atoms with E-state index in [0.29, 0.717) is 6.61 Å². The summed E-state index contributed by atoms with van der Waals surface area (Å²) in [4.78, 5) is 12.3. The highest BCUT2D eigenvalue weighted by Gasteiger charge is 2.32. The third-order valence-electron chi connectivity index (χ3n) is 3.96. The van der Waals surface area contributed by atoms with Crippen LogP contribution in [-0.2, 0) is 14.3 Å². The summed E-state index contributed by atoms with van der Waals surface area (Å²) in [5.41, 5.74) is 7.13. The van der Waals surface area contributed by atoms with E-state index in [2.05, 4.69) is 31.8 Å². The Morgan fingerprint density at radius 1 is 1.17 bits per heavy atom. The van der Waals surface area contributed by atoms with E-state index in [0.717, 1.165) is 0 Å². The molecule has 0 saturated heterocycles. The van der Waals surface area contributed by atoms with Crippen LogP contribution in [0.3, 0.4) is 0 Å². The largest absolute Gasteiger partial charge is 0.464 e. The summed E-state index contributed by atoms with van der Waals surface area (Å²) >= 11 is 0. The van der Waals surface area contributed by atoms with Crippen LogP contribution in [0, 0.1) is 0 Å². The molecule has 0 aliphatic carbocycles. The smallest absolute Gasteiger partial charge is 0.325 e. The number of hydrogen-bond acceptors (Lipinski definition) is 4. The molecule has 0 aliphatic rings. The van der Waals surface area contributed by atoms with Gasteiger partial charge in [-0.15, -0.1) is 0 Å². The van der Waals surface area contributed by atoms with Crippen molar-refractivity contribution in [3.05, 3.63) is 35.9 Å². The molecule has 0 heterocycles. The molecule has 1 rings (SSSR count). The Bertz CT molecular complexity index is 520. The molecule has 0 spiro atoms. The Morgan fingerprint density at radius 2 is 1.71 bits per heavy atom. The first-order valence-corrected chi connectivity index (χ1v) is 12.1. The highest BCUT2D eigenvalue weighted by atomic mass is 28.3. The van der Waals surface area contributed by atoms with Crippen molar-refractivity contribution < 1.29 is 14.3 Å². The van der Waals surface area contributed by atoms with Crippen molar-refractivity contribution in [2.75, 3.05) is 6.61 Å². The van der Waals surface area contributed by atoms with Gasteiger partial charge in [-0.3, -0.25) is 4.79 Å². The number of rotatable bonds is 7. The van der Waals surface area contributed by atoms with Crippen LogP contribution in [-0.4, -0.2) is 38.4 Å². The topological polar surface area (TPSA) is 61.5 Å². The lowest BCUT2D eigenvalue weighted by Gasteiger charge is -2.31. The van der Waals surface area contributed by atoms with Crippen molar-refractivity contribution in [3.8, 4) is 0 Å². The average molecular weight is 352 g/mol. The lowest BCUT2D eigenvalue weighted by Crippen LogP contribution is -2.46. The van der Waals surface area contributed by atoms with Gasteiger partial charge in [0, 0.05) is 5.54 Å². The zero-order valence-corrected chi connectivity index (χ0v) is 17.1. The van der Waals surface area contributed by atoms with Crippen LogP contribution in [0.4, 0.5) is 0 Å². The fourth-order valence-electron chi connectivity index (χ4n) is 2.62. The molecule has 1 aromatic rings. The molecule has 5 heteroatoms. The van der Waals surface area contributed by atoms with Crippen molar-refractivity contribution in [1.29, 1.82) is 0 Å². The normalized spacial score (nSPS) is 16.3. The fourth-order valence-corrected chi connectivity index (χ4v) is 4.39. The summed E-state index contributed by atoms with van der Waals surface area (Å²) in [6, 6.07) is 9.47. The van der Waals surface area contributed by atoms with Crippen molar-refractivity contribution in [1.82, 2.24) is 0 Å². The molecule has 0 radical (unpaired) electrons. The maximum Gasteiger partial charge on any atom is 0.325 e. The van der Waals surface area contributed by atoms with E-state index in [-0.39, 0.29) is 17.2 Å². The van der Waals surface area contributed by atoms with Crippen LogP contribution >= 0.6 is 0 Å². The number of hydrogen-bond donors (Lipinski definition) is 1. The van der Waals surface area contributed by atoms with E-state index in [4.69, 9.17) is 15.2 Å². The lowest BCUT2D eigenvalue weighted by molar-refractivity contribution is -0.152. The third-order valence-corrected chi connectivity index (χ3v) is 6.55. The predicted octanol–water partition coefficient (Wildman–Crippen LogP) is 3.72. The van der Waals surface area contributed by atoms with E-state index in [1.165, 1.54) is 5.56 Å². The van der Waals surface area contributed by atoms with Crippen LogP contribution in [0.5, 0.6) is 0 Å². The number of ether oxygens (including phenoxy) is 2. The SMILES string of the molecule is C[C@@H](OC(C)(C)C)[C@H](N)C(=O)OCC(c1ccccc1)[Si](C)(C)C. The van der Waals surface area contributed by atoms with Gasteiger partial charge in [0.25, 0.3) is 0 Å². The number of carbonyl (C=O) groups excluding carboxylic acids is 1. The molecule has 0 aromatic heterocycles. The van der Waals surface area contributed by atoms with Gasteiger partial charge in [-0.05, 0) is 33.3 Å². The number of nitrogens with two attached hydrogens (primary N) is 1. The molecular formula is C19H33NO3Si. The summed E-state index contributed by atoms with van der Waals surface area (Å²) in [6.45, 7) is 14.9. The van der Waals surface area contributed by atoms with Gasteiger partial charge in [-0.2, -0.15) is 0 Å². The molecule has 0 bridgehead atoms. The molecule has 1 aromatic carbocycles. The highest BCUT2D eigenvalue weighted by molar-refractivity contribution is 6.77. The molecule has 0 amide bonds. The molecule has 0 fully saturated rings. The first kappa shape index (κ1) is 20.9. The van der Waals surface area contributed by atoms with E-state index in [1.54, 1.807) is 0 Å². The van der Waals surface area contributed by atoms with Crippen molar-refractivity contribution in [2.45, 2.75) is 70.6 Å². The van der Waals surface area contributed by atoms with Gasteiger partial charge >= 0.3 is 5.97 Å². The van der Waals surface area contributed by atoms with E-state index >= 15 is 0 Å². The molecule has 0 aliphatic heterocycles. The van der Waals surface area contributed by atoms with Crippen LogP contribution in [0.25, 0.3) is 0 Å². The van der Waals surface area contributed by atoms with E-state index in [9.17, 15) is 4.79 Å². The Kier molecular flexibility index (Phi) is 7.20. The Hall–Kier alpha value is -1.17. The molecule has 4 nitrogen and oxygen atoms in total. The maximum atomic E-state index is 12.3. The minimum Gasteiger partial charge on any atom is -0.464 e. The second kappa shape index (κ2) is 8.27. The van der Waals surface area contributed by atoms with Gasteiger partial charge in [0.1, 0.15) is 6.04 Å². The predicted molar refractivity (Wildman–Crippen MR) is 102 cm³/mol. The lowest BCUT2D eigenvalue weighted by atomic mass is 10.1. The average Bonchev–Trinajstić information content (AvgIpc) is 2.44. The first-order valence-electron chi connectivity index (χ1n) is 8.57. The minimum atomic E-state index is -1.54. The quantitative estimate of drug-likeness (QED) is 0.601. The molecule has 1 unspecified atom stereocenters. The van der Waals surface area contributed by atoms with Crippen molar-refractivity contribution in [2.24, 2.45) is 5.73 Å². The van der Waals surface area contributed by atoms with Gasteiger partial charge in [0.05, 0.1) is 26.4 Å². The number of carbonyl (C=O) groups is 1. The highest BCUT2D eigenvalue weighted by Crippen LogP contribution is 2.27. The summed E-state index contributed by atoms with van der Waals surface area (Å²) in [6.07, 6.45) is -0.389. The van der Waals surface area contributed by atoms with E-state index < -0.39 is 20.1 Å². The molecule has 136 valence electrons. The summed E-state index contributed by atoms with van der Waals surface area (Å²) in [7, 11) is -1.54. The van der Waals surface area contributed by atoms with Crippen LogP contribution in [0.15, 0.2) is 30.3 Å². The maximum absolute atomic E-state index is 12.3. The Balaban J connectivity index is 2.72. The zero-order valence-electron chi connectivity index (χ0n) is 16.1. The van der Waals surface area contributed by atoms with Gasteiger partial charge < -0.3 is 15.2 Å². The van der Waals surface area contributed by atoms with Crippen molar-refractivity contribution >= 4 is 14.0 Å². The molecular weight excluding hydrogens is 318 g/mol. The van der Waals surface area contributed by atoms with Gasteiger partial charge in [-0.25, -0.2) is 0 Å². The van der Waals surface area contributed by atoms with Gasteiger partial charge in [0.15, 0.2) is 0 Å². The third kappa shape index (κ3) is 6.75. The minimum absolute atomic E-state index is 0.244. The van der Waals surface area contributed by atoms with Crippen molar-refractivity contribution in [3.63, 3.8) is 0 Å². The molecule has 3 atom stereocenters. The van der Waals surface area contributed by atoms with Crippen LogP contribution in [0.2, 0.25) is 19.6 Å².